The van der Waals surface area contributed by atoms with E-state index in [1.54, 1.807) is 24.3 Å². The van der Waals surface area contributed by atoms with Gasteiger partial charge in [-0.15, -0.1) is 0 Å². The predicted molar refractivity (Wildman–Crippen MR) is 76.4 cm³/mol. The van der Waals surface area contributed by atoms with Gasteiger partial charge in [0.25, 0.3) is 0 Å². The van der Waals surface area contributed by atoms with Crippen LogP contribution in [0.2, 0.25) is 0 Å². The van der Waals surface area contributed by atoms with E-state index < -0.39 is 5.97 Å². The molecule has 0 atom stereocenters. The van der Waals surface area contributed by atoms with E-state index in [1.165, 1.54) is 0 Å². The molecule has 6 nitrogen and oxygen atoms in total. The molecular formula is C15H17N3O3. The first kappa shape index (κ1) is 13.6. The van der Waals surface area contributed by atoms with Gasteiger partial charge in [-0.3, -0.25) is 4.90 Å². The molecule has 1 N–H and O–H groups in total. The van der Waals surface area contributed by atoms with Gasteiger partial charge in [0.15, 0.2) is 0 Å². The smallest absolute Gasteiger partial charge is 0.335 e. The van der Waals surface area contributed by atoms with Crippen molar-refractivity contribution in [2.45, 2.75) is 13.1 Å². The van der Waals surface area contributed by atoms with E-state index in [-0.39, 0.29) is 5.56 Å². The molecule has 1 aliphatic heterocycles. The minimum absolute atomic E-state index is 0.269. The fraction of sp³-hybridized carbons (Fsp3) is 0.333. The Morgan fingerprint density at radius 2 is 2.10 bits per heavy atom. The summed E-state index contributed by atoms with van der Waals surface area (Å²) in [5.41, 5.74) is 0.269. The summed E-state index contributed by atoms with van der Waals surface area (Å²) in [4.78, 5) is 17.4. The van der Waals surface area contributed by atoms with Crippen molar-refractivity contribution in [1.82, 2.24) is 14.5 Å². The van der Waals surface area contributed by atoms with Gasteiger partial charge < -0.3 is 14.4 Å². The number of carboxylic acids is 1. The van der Waals surface area contributed by atoms with Gasteiger partial charge in [0.05, 0.1) is 12.1 Å². The number of hydrogen-bond donors (Lipinski definition) is 1. The summed E-state index contributed by atoms with van der Waals surface area (Å²) >= 11 is 0. The first-order valence-electron chi connectivity index (χ1n) is 6.91. The summed E-state index contributed by atoms with van der Waals surface area (Å²) in [6, 6.07) is 6.48. The van der Waals surface area contributed by atoms with Crippen LogP contribution in [0.25, 0.3) is 0 Å². The molecule has 21 heavy (non-hydrogen) atoms. The van der Waals surface area contributed by atoms with Crippen molar-refractivity contribution in [3.8, 4) is 5.75 Å². The van der Waals surface area contributed by atoms with E-state index >= 15 is 0 Å². The van der Waals surface area contributed by atoms with Crippen molar-refractivity contribution in [2.75, 3.05) is 19.7 Å². The standard InChI is InChI=1S/C15H17N3O3/c19-15(20)12-1-3-13(4-2-12)21-10-9-17-7-8-18-6-5-16-14(18)11-17/h1-6H,7-11H2,(H,19,20). The fourth-order valence-electron chi connectivity index (χ4n) is 2.40. The molecule has 2 heterocycles. The zero-order valence-electron chi connectivity index (χ0n) is 11.6. The molecule has 0 unspecified atom stereocenters. The quantitative estimate of drug-likeness (QED) is 0.902. The highest BCUT2D eigenvalue weighted by Crippen LogP contribution is 2.13. The van der Waals surface area contributed by atoms with E-state index in [4.69, 9.17) is 9.84 Å². The lowest BCUT2D eigenvalue weighted by atomic mass is 10.2. The summed E-state index contributed by atoms with van der Waals surface area (Å²) in [5, 5.41) is 8.83. The van der Waals surface area contributed by atoms with Crippen LogP contribution < -0.4 is 4.74 Å². The number of aromatic carboxylic acids is 1. The summed E-state index contributed by atoms with van der Waals surface area (Å²) < 4.78 is 7.82. The van der Waals surface area contributed by atoms with Crippen LogP contribution in [-0.4, -0.2) is 45.2 Å². The molecule has 0 saturated carbocycles. The van der Waals surface area contributed by atoms with Crippen molar-refractivity contribution < 1.29 is 14.6 Å². The SMILES string of the molecule is O=C(O)c1ccc(OCCN2CCn3ccnc3C2)cc1. The molecule has 2 aromatic rings. The lowest BCUT2D eigenvalue weighted by Crippen LogP contribution is -2.36. The van der Waals surface area contributed by atoms with E-state index in [0.29, 0.717) is 12.4 Å². The molecule has 0 saturated heterocycles. The highest BCUT2D eigenvalue weighted by atomic mass is 16.5. The molecule has 0 bridgehead atoms. The van der Waals surface area contributed by atoms with Crippen LogP contribution in [0.3, 0.4) is 0 Å². The van der Waals surface area contributed by atoms with Gasteiger partial charge in [0, 0.05) is 32.0 Å². The van der Waals surface area contributed by atoms with Crippen molar-refractivity contribution in [1.29, 1.82) is 0 Å². The average molecular weight is 287 g/mol. The van der Waals surface area contributed by atoms with Crippen LogP contribution >= 0.6 is 0 Å². The molecule has 1 aliphatic rings. The number of rotatable bonds is 5. The molecule has 0 fully saturated rings. The van der Waals surface area contributed by atoms with E-state index in [0.717, 1.165) is 32.0 Å². The number of imidazole rings is 1. The average Bonchev–Trinajstić information content (AvgIpc) is 2.95. The Morgan fingerprint density at radius 3 is 2.86 bits per heavy atom. The number of nitrogens with zero attached hydrogens (tertiary/aromatic N) is 3. The topological polar surface area (TPSA) is 67.6 Å². The molecule has 0 radical (unpaired) electrons. The Labute approximate surface area is 122 Å². The molecular weight excluding hydrogens is 270 g/mol. The minimum Gasteiger partial charge on any atom is -0.492 e. The first-order valence-corrected chi connectivity index (χ1v) is 6.91. The molecule has 6 heteroatoms. The monoisotopic (exact) mass is 287 g/mol. The second kappa shape index (κ2) is 5.97. The largest absolute Gasteiger partial charge is 0.492 e. The summed E-state index contributed by atoms with van der Waals surface area (Å²) in [7, 11) is 0. The van der Waals surface area contributed by atoms with Gasteiger partial charge in [-0.05, 0) is 24.3 Å². The van der Waals surface area contributed by atoms with Crippen molar-refractivity contribution >= 4 is 5.97 Å². The Kier molecular flexibility index (Phi) is 3.87. The number of benzene rings is 1. The van der Waals surface area contributed by atoms with E-state index in [2.05, 4.69) is 14.5 Å². The highest BCUT2D eigenvalue weighted by molar-refractivity contribution is 5.87. The molecule has 1 aromatic heterocycles. The number of carboxylic acid groups (broad SMARTS) is 1. The van der Waals surface area contributed by atoms with Crippen LogP contribution in [0, 0.1) is 0 Å². The lowest BCUT2D eigenvalue weighted by molar-refractivity contribution is 0.0697. The lowest BCUT2D eigenvalue weighted by Gasteiger charge is -2.27. The fourth-order valence-corrected chi connectivity index (χ4v) is 2.40. The van der Waals surface area contributed by atoms with E-state index in [9.17, 15) is 4.79 Å². The van der Waals surface area contributed by atoms with Gasteiger partial charge in [-0.2, -0.15) is 0 Å². The van der Waals surface area contributed by atoms with Gasteiger partial charge in [-0.1, -0.05) is 0 Å². The molecule has 3 rings (SSSR count). The maximum Gasteiger partial charge on any atom is 0.335 e. The van der Waals surface area contributed by atoms with Crippen LogP contribution in [0.15, 0.2) is 36.7 Å². The number of aromatic nitrogens is 2. The highest BCUT2D eigenvalue weighted by Gasteiger charge is 2.15. The Morgan fingerprint density at radius 1 is 1.29 bits per heavy atom. The predicted octanol–water partition coefficient (Wildman–Crippen LogP) is 1.48. The Bertz CT molecular complexity index is 621. The summed E-state index contributed by atoms with van der Waals surface area (Å²) in [6.07, 6.45) is 3.84. The number of ether oxygens (including phenoxy) is 1. The summed E-state index contributed by atoms with van der Waals surface area (Å²) in [6.45, 7) is 4.20. The second-order valence-electron chi connectivity index (χ2n) is 4.99. The van der Waals surface area contributed by atoms with Crippen LogP contribution in [0.4, 0.5) is 0 Å². The zero-order valence-corrected chi connectivity index (χ0v) is 11.6. The van der Waals surface area contributed by atoms with Crippen LogP contribution in [0.1, 0.15) is 16.2 Å². The van der Waals surface area contributed by atoms with Gasteiger partial charge in [-0.25, -0.2) is 9.78 Å². The molecule has 1 aromatic carbocycles. The third-order valence-electron chi connectivity index (χ3n) is 3.60. The van der Waals surface area contributed by atoms with Crippen LogP contribution in [0.5, 0.6) is 5.75 Å². The first-order chi connectivity index (χ1) is 10.2. The summed E-state index contributed by atoms with van der Waals surface area (Å²) in [5.74, 6) is 0.857. The van der Waals surface area contributed by atoms with Crippen LogP contribution in [-0.2, 0) is 13.1 Å². The third kappa shape index (κ3) is 3.22. The maximum atomic E-state index is 10.8. The molecule has 0 aliphatic carbocycles. The third-order valence-corrected chi connectivity index (χ3v) is 3.60. The minimum atomic E-state index is -0.926. The number of fused-ring (bicyclic) bond motifs is 1. The van der Waals surface area contributed by atoms with E-state index in [1.807, 2.05) is 12.4 Å². The number of carbonyl (C=O) groups is 1. The molecule has 110 valence electrons. The van der Waals surface area contributed by atoms with Crippen molar-refractivity contribution in [2.24, 2.45) is 0 Å². The maximum absolute atomic E-state index is 10.8. The molecule has 0 spiro atoms. The van der Waals surface area contributed by atoms with Crippen molar-refractivity contribution in [3.05, 3.63) is 48.0 Å². The Balaban J connectivity index is 1.47. The normalized spacial score (nSPS) is 14.7. The second-order valence-corrected chi connectivity index (χ2v) is 4.99. The van der Waals surface area contributed by atoms with Gasteiger partial charge >= 0.3 is 5.97 Å². The zero-order chi connectivity index (χ0) is 14.7. The van der Waals surface area contributed by atoms with Gasteiger partial charge in [0.1, 0.15) is 18.2 Å². The molecule has 0 amide bonds. The number of hydrogen-bond acceptors (Lipinski definition) is 4. The Hall–Kier alpha value is -2.34. The van der Waals surface area contributed by atoms with Gasteiger partial charge in [0.2, 0.25) is 0 Å². The van der Waals surface area contributed by atoms with Crippen molar-refractivity contribution in [3.63, 3.8) is 0 Å².